The first-order valence-corrected chi connectivity index (χ1v) is 8.78. The number of hydrogen-bond acceptors (Lipinski definition) is 4. The highest BCUT2D eigenvalue weighted by Gasteiger charge is 2.36. The van der Waals surface area contributed by atoms with E-state index in [2.05, 4.69) is 22.4 Å². The van der Waals surface area contributed by atoms with Crippen LogP contribution in [-0.4, -0.2) is 18.2 Å². The lowest BCUT2D eigenvalue weighted by molar-refractivity contribution is 0.132. The number of methoxy groups -OCH3 is 1. The van der Waals surface area contributed by atoms with Crippen LogP contribution in [0.3, 0.4) is 0 Å². The van der Waals surface area contributed by atoms with Crippen molar-refractivity contribution < 1.29 is 14.3 Å². The van der Waals surface area contributed by atoms with Crippen LogP contribution in [0.5, 0.6) is 5.75 Å². The fraction of sp³-hybridized carbons (Fsp3) is 0.182. The summed E-state index contributed by atoms with van der Waals surface area (Å²) < 4.78 is 10.9. The van der Waals surface area contributed by atoms with Gasteiger partial charge in [-0.3, -0.25) is 4.98 Å². The number of aromatic nitrogens is 1. The smallest absolute Gasteiger partial charge is 0.408 e. The number of cyclic esters (lactones) is 1. The van der Waals surface area contributed by atoms with Crippen molar-refractivity contribution in [3.05, 3.63) is 83.7 Å². The van der Waals surface area contributed by atoms with E-state index in [1.807, 2.05) is 55.5 Å². The number of benzene rings is 2. The maximum Gasteiger partial charge on any atom is 0.408 e. The first kappa shape index (κ1) is 17.1. The maximum absolute atomic E-state index is 12.0. The molecule has 3 aromatic rings. The number of hydrogen-bond donors (Lipinski definition) is 1. The van der Waals surface area contributed by atoms with Gasteiger partial charge in [-0.25, -0.2) is 4.79 Å². The molecule has 0 unspecified atom stereocenters. The third kappa shape index (κ3) is 3.49. The third-order valence-corrected chi connectivity index (χ3v) is 4.71. The largest absolute Gasteiger partial charge is 0.497 e. The van der Waals surface area contributed by atoms with Gasteiger partial charge in [0.1, 0.15) is 5.75 Å². The predicted molar refractivity (Wildman–Crippen MR) is 103 cm³/mol. The molecule has 0 spiro atoms. The second-order valence-electron chi connectivity index (χ2n) is 6.54. The first-order valence-electron chi connectivity index (χ1n) is 8.78. The molecule has 1 aromatic heterocycles. The van der Waals surface area contributed by atoms with Crippen molar-refractivity contribution >= 4 is 6.09 Å². The van der Waals surface area contributed by atoms with E-state index in [-0.39, 0.29) is 6.04 Å². The molecule has 5 nitrogen and oxygen atoms in total. The van der Waals surface area contributed by atoms with Gasteiger partial charge >= 0.3 is 6.09 Å². The Labute approximate surface area is 158 Å². The molecule has 5 heteroatoms. The molecule has 1 aliphatic rings. The van der Waals surface area contributed by atoms with Crippen LogP contribution in [0.1, 0.15) is 29.0 Å². The van der Waals surface area contributed by atoms with E-state index in [1.165, 1.54) is 0 Å². The molecule has 0 bridgehead atoms. The van der Waals surface area contributed by atoms with Gasteiger partial charge in [0.2, 0.25) is 0 Å². The van der Waals surface area contributed by atoms with E-state index in [9.17, 15) is 4.79 Å². The minimum absolute atomic E-state index is 0.271. The summed E-state index contributed by atoms with van der Waals surface area (Å²) in [7, 11) is 1.62. The second-order valence-corrected chi connectivity index (χ2v) is 6.54. The Morgan fingerprint density at radius 2 is 1.78 bits per heavy atom. The van der Waals surface area contributed by atoms with Crippen molar-refractivity contribution in [2.75, 3.05) is 7.11 Å². The van der Waals surface area contributed by atoms with Crippen molar-refractivity contribution in [2.24, 2.45) is 0 Å². The van der Waals surface area contributed by atoms with Crippen LogP contribution in [0.15, 0.2) is 66.9 Å². The molecule has 1 N–H and O–H groups in total. The molecule has 1 fully saturated rings. The number of ether oxygens (including phenoxy) is 2. The lowest BCUT2D eigenvalue weighted by Gasteiger charge is -2.19. The quantitative estimate of drug-likeness (QED) is 0.739. The Balaban J connectivity index is 1.70. The van der Waals surface area contributed by atoms with Crippen molar-refractivity contribution in [3.8, 4) is 16.9 Å². The van der Waals surface area contributed by atoms with Gasteiger partial charge in [-0.2, -0.15) is 0 Å². The molecule has 0 saturated carbocycles. The number of aryl methyl sites for hydroxylation is 1. The number of rotatable bonds is 4. The number of alkyl carbamates (subject to hydrolysis) is 1. The molecule has 0 aliphatic carbocycles. The molecule has 0 radical (unpaired) electrons. The van der Waals surface area contributed by atoms with Crippen molar-refractivity contribution in [1.82, 2.24) is 10.3 Å². The minimum atomic E-state index is -0.419. The molecule has 4 rings (SSSR count). The molecule has 27 heavy (non-hydrogen) atoms. The highest BCUT2D eigenvalue weighted by atomic mass is 16.6. The Morgan fingerprint density at radius 3 is 2.59 bits per heavy atom. The highest BCUT2D eigenvalue weighted by Crippen LogP contribution is 2.38. The summed E-state index contributed by atoms with van der Waals surface area (Å²) in [6, 6.07) is 19.5. The topological polar surface area (TPSA) is 60.5 Å². The zero-order chi connectivity index (χ0) is 18.8. The lowest BCUT2D eigenvalue weighted by Crippen LogP contribution is -2.19. The lowest BCUT2D eigenvalue weighted by atomic mass is 9.94. The third-order valence-electron chi connectivity index (χ3n) is 4.71. The summed E-state index contributed by atoms with van der Waals surface area (Å²) in [4.78, 5) is 16.2. The first-order chi connectivity index (χ1) is 13.1. The van der Waals surface area contributed by atoms with E-state index in [0.717, 1.165) is 33.7 Å². The van der Waals surface area contributed by atoms with Gasteiger partial charge in [0.15, 0.2) is 6.10 Å². The van der Waals surface area contributed by atoms with E-state index < -0.39 is 12.2 Å². The molecule has 2 heterocycles. The van der Waals surface area contributed by atoms with Crippen LogP contribution in [0.25, 0.3) is 11.1 Å². The van der Waals surface area contributed by atoms with E-state index >= 15 is 0 Å². The number of amides is 1. The number of carbonyl (C=O) groups is 1. The number of nitrogens with one attached hydrogen (secondary N) is 1. The summed E-state index contributed by atoms with van der Waals surface area (Å²) in [5.41, 5.74) is 5.00. The molecular weight excluding hydrogens is 340 g/mol. The molecule has 1 aliphatic heterocycles. The van der Waals surface area contributed by atoms with Gasteiger partial charge in [0, 0.05) is 11.9 Å². The molecule has 1 amide bonds. The minimum Gasteiger partial charge on any atom is -0.497 e. The number of pyridine rings is 1. The summed E-state index contributed by atoms with van der Waals surface area (Å²) in [6.07, 6.45) is 0.969. The van der Waals surface area contributed by atoms with Crippen LogP contribution in [0, 0.1) is 6.92 Å². The van der Waals surface area contributed by atoms with Gasteiger partial charge in [0.05, 0.1) is 13.2 Å². The fourth-order valence-corrected chi connectivity index (χ4v) is 3.39. The Bertz CT molecular complexity index is 987. The maximum atomic E-state index is 12.0. The summed E-state index contributed by atoms with van der Waals surface area (Å²) >= 11 is 0. The fourth-order valence-electron chi connectivity index (χ4n) is 3.39. The number of nitrogens with zero attached hydrogens (tertiary/aromatic N) is 1. The summed E-state index contributed by atoms with van der Waals surface area (Å²) in [5, 5.41) is 2.93. The highest BCUT2D eigenvalue weighted by molar-refractivity contribution is 5.72. The van der Waals surface area contributed by atoms with Gasteiger partial charge in [-0.1, -0.05) is 30.3 Å². The van der Waals surface area contributed by atoms with Crippen LogP contribution in [0.4, 0.5) is 4.79 Å². The average Bonchev–Trinajstić information content (AvgIpc) is 3.10. The van der Waals surface area contributed by atoms with Crippen LogP contribution >= 0.6 is 0 Å². The number of carbonyl (C=O) groups excluding carboxylic acids is 1. The van der Waals surface area contributed by atoms with Crippen molar-refractivity contribution in [3.63, 3.8) is 0 Å². The SMILES string of the molecule is COc1cccc([C@H]2OC(=O)N[C@@H]2c2cccc(-c3ccnc(C)c3)c2)c1. The van der Waals surface area contributed by atoms with Crippen LogP contribution in [0.2, 0.25) is 0 Å². The zero-order valence-corrected chi connectivity index (χ0v) is 15.2. The second kappa shape index (κ2) is 7.11. The molecule has 136 valence electrons. The molecule has 1 saturated heterocycles. The monoisotopic (exact) mass is 360 g/mol. The van der Waals surface area contributed by atoms with Crippen LogP contribution in [-0.2, 0) is 4.74 Å². The van der Waals surface area contributed by atoms with E-state index in [0.29, 0.717) is 0 Å². The molecule has 2 atom stereocenters. The summed E-state index contributed by atoms with van der Waals surface area (Å²) in [6.45, 7) is 1.97. The average molecular weight is 360 g/mol. The van der Waals surface area contributed by atoms with E-state index in [4.69, 9.17) is 9.47 Å². The standard InChI is InChI=1S/C22H20N2O3/c1-14-11-16(9-10-23-14)15-5-3-6-17(12-15)20-21(27-22(25)24-20)18-7-4-8-19(13-18)26-2/h3-13,20-21H,1-2H3,(H,24,25)/t20-,21-/m1/s1. The van der Waals surface area contributed by atoms with Gasteiger partial charge in [-0.05, 0) is 59.5 Å². The Kier molecular flexibility index (Phi) is 4.50. The zero-order valence-electron chi connectivity index (χ0n) is 15.2. The van der Waals surface area contributed by atoms with Gasteiger partial charge in [0.25, 0.3) is 0 Å². The molecule has 2 aromatic carbocycles. The van der Waals surface area contributed by atoms with Crippen molar-refractivity contribution in [1.29, 1.82) is 0 Å². The Morgan fingerprint density at radius 1 is 1.00 bits per heavy atom. The normalized spacial score (nSPS) is 18.7. The predicted octanol–water partition coefficient (Wildman–Crippen LogP) is 4.59. The summed E-state index contributed by atoms with van der Waals surface area (Å²) in [5.74, 6) is 0.732. The van der Waals surface area contributed by atoms with Crippen LogP contribution < -0.4 is 10.1 Å². The molecular formula is C22H20N2O3. The van der Waals surface area contributed by atoms with Crippen molar-refractivity contribution in [2.45, 2.75) is 19.1 Å². The van der Waals surface area contributed by atoms with Gasteiger partial charge in [-0.15, -0.1) is 0 Å². The van der Waals surface area contributed by atoms with E-state index in [1.54, 1.807) is 13.3 Å². The Hall–Kier alpha value is -3.34. The van der Waals surface area contributed by atoms with Gasteiger partial charge < -0.3 is 14.8 Å².